The van der Waals surface area contributed by atoms with E-state index in [4.69, 9.17) is 0 Å². The Hall–Kier alpha value is -1.94. The maximum Gasteiger partial charge on any atom is 0.261 e. The quantitative estimate of drug-likeness (QED) is 0.563. The summed E-state index contributed by atoms with van der Waals surface area (Å²) in [6, 6.07) is 9.50. The van der Waals surface area contributed by atoms with Crippen molar-refractivity contribution in [1.82, 2.24) is 10.0 Å². The second kappa shape index (κ2) is 6.60. The van der Waals surface area contributed by atoms with Gasteiger partial charge in [-0.1, -0.05) is 30.3 Å². The van der Waals surface area contributed by atoms with Crippen molar-refractivity contribution in [2.75, 3.05) is 20.6 Å². The Balaban J connectivity index is 2.70. The maximum atomic E-state index is 11.8. The van der Waals surface area contributed by atoms with Crippen molar-refractivity contribution in [3.63, 3.8) is 0 Å². The molecule has 4 heteroatoms. The van der Waals surface area contributed by atoms with Crippen LogP contribution in [0.15, 0.2) is 36.4 Å². The molecule has 1 amide bonds. The van der Waals surface area contributed by atoms with Crippen molar-refractivity contribution in [2.45, 2.75) is 0 Å². The number of rotatable bonds is 5. The van der Waals surface area contributed by atoms with Crippen LogP contribution in [0.2, 0.25) is 0 Å². The highest BCUT2D eigenvalue weighted by atomic mass is 16.2. The van der Waals surface area contributed by atoms with Gasteiger partial charge >= 0.3 is 0 Å². The number of amides is 1. The fourth-order valence-electron chi connectivity index (χ4n) is 1.30. The van der Waals surface area contributed by atoms with E-state index in [1.165, 1.54) is 11.1 Å². The summed E-state index contributed by atoms with van der Waals surface area (Å²) in [4.78, 5) is 22.1. The average molecular weight is 231 g/mol. The fourth-order valence-corrected chi connectivity index (χ4v) is 1.30. The topological polar surface area (TPSA) is 40.6 Å². The zero-order valence-corrected chi connectivity index (χ0v) is 9.96. The molecule has 0 saturated heterocycles. The molecule has 0 aliphatic rings. The molecule has 0 spiro atoms. The molecule has 0 aliphatic carbocycles. The average Bonchev–Trinajstić information content (AvgIpc) is 2.34. The number of benzene rings is 1. The van der Waals surface area contributed by atoms with Crippen LogP contribution < -0.4 is 0 Å². The first-order valence-corrected chi connectivity index (χ1v) is 5.22. The maximum absolute atomic E-state index is 11.8. The summed E-state index contributed by atoms with van der Waals surface area (Å²) < 4.78 is 0. The molecule has 0 atom stereocenters. The van der Waals surface area contributed by atoms with Crippen molar-refractivity contribution >= 4 is 18.3 Å². The van der Waals surface area contributed by atoms with E-state index in [0.717, 1.165) is 5.56 Å². The first kappa shape index (κ1) is 13.1. The molecule has 1 radical (unpaired) electrons. The van der Waals surface area contributed by atoms with E-state index >= 15 is 0 Å². The molecule has 1 aromatic carbocycles. The molecule has 0 unspecified atom stereocenters. The van der Waals surface area contributed by atoms with Gasteiger partial charge in [0.1, 0.15) is 6.54 Å². The van der Waals surface area contributed by atoms with Crippen LogP contribution in [0.1, 0.15) is 5.56 Å². The van der Waals surface area contributed by atoms with Gasteiger partial charge in [0.2, 0.25) is 6.29 Å². The first-order valence-electron chi connectivity index (χ1n) is 5.22. The Morgan fingerprint density at radius 2 is 1.94 bits per heavy atom. The van der Waals surface area contributed by atoms with Gasteiger partial charge in [-0.05, 0) is 11.6 Å². The van der Waals surface area contributed by atoms with E-state index in [0.29, 0.717) is 0 Å². The van der Waals surface area contributed by atoms with Gasteiger partial charge in [0.15, 0.2) is 0 Å². The summed E-state index contributed by atoms with van der Waals surface area (Å²) in [5.41, 5.74) is 0.939. The van der Waals surface area contributed by atoms with Crippen molar-refractivity contribution in [3.05, 3.63) is 42.0 Å². The van der Waals surface area contributed by atoms with E-state index < -0.39 is 0 Å². The van der Waals surface area contributed by atoms with Crippen LogP contribution >= 0.6 is 0 Å². The Morgan fingerprint density at radius 1 is 1.29 bits per heavy atom. The van der Waals surface area contributed by atoms with E-state index in [1.807, 2.05) is 30.3 Å². The zero-order valence-electron chi connectivity index (χ0n) is 9.96. The molecule has 0 heterocycles. The standard InChI is InChI=1S/C13H15N2O2/c1-14(2)15(10-11-16)13(17)9-8-12-6-4-3-5-7-12/h3-9H,10H2,1-2H3/b9-8+. The summed E-state index contributed by atoms with van der Waals surface area (Å²) in [5, 5.41) is 2.86. The molecule has 4 nitrogen and oxygen atoms in total. The molecule has 0 saturated carbocycles. The molecule has 0 N–H and O–H groups in total. The third-order valence-corrected chi connectivity index (χ3v) is 2.17. The highest BCUT2D eigenvalue weighted by Gasteiger charge is 2.12. The van der Waals surface area contributed by atoms with Gasteiger partial charge in [-0.3, -0.25) is 14.6 Å². The lowest BCUT2D eigenvalue weighted by atomic mass is 10.2. The lowest BCUT2D eigenvalue weighted by Crippen LogP contribution is -2.42. The number of hydrazine groups is 1. The Morgan fingerprint density at radius 3 is 2.47 bits per heavy atom. The van der Waals surface area contributed by atoms with Crippen LogP contribution in [-0.4, -0.2) is 42.9 Å². The molecule has 0 aliphatic heterocycles. The Kier molecular flexibility index (Phi) is 5.10. The normalized spacial score (nSPS) is 10.8. The second-order valence-electron chi connectivity index (χ2n) is 3.63. The van der Waals surface area contributed by atoms with E-state index in [2.05, 4.69) is 0 Å². The minimum atomic E-state index is -0.248. The van der Waals surface area contributed by atoms with Crippen molar-refractivity contribution in [2.24, 2.45) is 0 Å². The molecule has 0 aromatic heterocycles. The van der Waals surface area contributed by atoms with Crippen LogP contribution in [0.3, 0.4) is 0 Å². The molecular weight excluding hydrogens is 216 g/mol. The SMILES string of the molecule is CN(C)N(C[C]=O)C(=O)/C=C/c1ccccc1. The summed E-state index contributed by atoms with van der Waals surface area (Å²) in [6.07, 6.45) is 4.86. The van der Waals surface area contributed by atoms with Gasteiger partial charge in [0, 0.05) is 20.2 Å². The van der Waals surface area contributed by atoms with Crippen LogP contribution in [0.5, 0.6) is 0 Å². The Labute approximate surface area is 101 Å². The van der Waals surface area contributed by atoms with Crippen molar-refractivity contribution in [3.8, 4) is 0 Å². The number of nitrogens with zero attached hydrogens (tertiary/aromatic N) is 2. The van der Waals surface area contributed by atoms with Gasteiger partial charge in [0.05, 0.1) is 0 Å². The molecule has 1 aromatic rings. The van der Waals surface area contributed by atoms with Crippen LogP contribution in [0, 0.1) is 0 Å². The second-order valence-corrected chi connectivity index (χ2v) is 3.63. The first-order chi connectivity index (χ1) is 8.15. The monoisotopic (exact) mass is 231 g/mol. The van der Waals surface area contributed by atoms with E-state index in [1.54, 1.807) is 31.5 Å². The molecular formula is C13H15N2O2. The van der Waals surface area contributed by atoms with Crippen LogP contribution in [0.4, 0.5) is 0 Å². The Bertz CT molecular complexity index is 399. The third-order valence-electron chi connectivity index (χ3n) is 2.17. The van der Waals surface area contributed by atoms with Gasteiger partial charge < -0.3 is 0 Å². The number of carbonyl (C=O) groups is 1. The van der Waals surface area contributed by atoms with Crippen LogP contribution in [0.25, 0.3) is 6.08 Å². The van der Waals surface area contributed by atoms with E-state index in [9.17, 15) is 9.59 Å². The van der Waals surface area contributed by atoms with Gasteiger partial charge in [-0.25, -0.2) is 5.01 Å². The fraction of sp³-hybridized carbons (Fsp3) is 0.231. The minimum absolute atomic E-state index is 0.0645. The smallest absolute Gasteiger partial charge is 0.261 e. The molecule has 17 heavy (non-hydrogen) atoms. The minimum Gasteiger partial charge on any atom is -0.289 e. The van der Waals surface area contributed by atoms with Gasteiger partial charge in [0.25, 0.3) is 5.91 Å². The third kappa shape index (κ3) is 4.20. The summed E-state index contributed by atoms with van der Waals surface area (Å²) >= 11 is 0. The number of carbonyl (C=O) groups excluding carboxylic acids is 2. The molecule has 89 valence electrons. The van der Waals surface area contributed by atoms with Crippen molar-refractivity contribution < 1.29 is 9.59 Å². The van der Waals surface area contributed by atoms with Gasteiger partial charge in [-0.2, -0.15) is 0 Å². The summed E-state index contributed by atoms with van der Waals surface area (Å²) in [5.74, 6) is -0.248. The lowest BCUT2D eigenvalue weighted by Gasteiger charge is -2.25. The highest BCUT2D eigenvalue weighted by molar-refractivity contribution is 5.92. The molecule has 1 rings (SSSR count). The predicted octanol–water partition coefficient (Wildman–Crippen LogP) is 1.11. The predicted molar refractivity (Wildman–Crippen MR) is 66.6 cm³/mol. The summed E-state index contributed by atoms with van der Waals surface area (Å²) in [7, 11) is 3.40. The van der Waals surface area contributed by atoms with Crippen LogP contribution in [-0.2, 0) is 9.59 Å². The number of hydrogen-bond acceptors (Lipinski definition) is 3. The van der Waals surface area contributed by atoms with Gasteiger partial charge in [-0.15, -0.1) is 0 Å². The molecule has 0 fully saturated rings. The van der Waals surface area contributed by atoms with E-state index in [-0.39, 0.29) is 12.5 Å². The largest absolute Gasteiger partial charge is 0.289 e. The molecule has 0 bridgehead atoms. The zero-order chi connectivity index (χ0) is 12.7. The number of hydrogen-bond donors (Lipinski definition) is 0. The highest BCUT2D eigenvalue weighted by Crippen LogP contribution is 2.02. The van der Waals surface area contributed by atoms with Crippen molar-refractivity contribution in [1.29, 1.82) is 0 Å². The lowest BCUT2D eigenvalue weighted by molar-refractivity contribution is -0.137. The summed E-state index contributed by atoms with van der Waals surface area (Å²) in [6.45, 7) is -0.0645.